The van der Waals surface area contributed by atoms with Crippen LogP contribution in [0.25, 0.3) is 0 Å². The van der Waals surface area contributed by atoms with Crippen LogP contribution in [0.1, 0.15) is 5.56 Å². The number of methoxy groups -OCH3 is 2. The van der Waals surface area contributed by atoms with Crippen molar-refractivity contribution in [1.82, 2.24) is 14.7 Å². The van der Waals surface area contributed by atoms with Crippen LogP contribution >= 0.6 is 0 Å². The second-order valence-corrected chi connectivity index (χ2v) is 6.51. The van der Waals surface area contributed by atoms with E-state index in [1.807, 2.05) is 4.72 Å². The standard InChI is InChI=1S/C14H17N5O5S/c1-8-4-5-9(15)6-10(8)25(21,22)19-14(20)18-13-16-11(23-2)7-12(17-13)24-3/h4-7H,15H2,1-3H3,(H2,16,17,18,19,20). The number of hydrogen-bond acceptors (Lipinski definition) is 8. The van der Waals surface area contributed by atoms with E-state index in [0.29, 0.717) is 5.56 Å². The molecule has 134 valence electrons. The summed E-state index contributed by atoms with van der Waals surface area (Å²) in [7, 11) is -1.38. The highest BCUT2D eigenvalue weighted by Crippen LogP contribution is 2.19. The number of nitrogen functional groups attached to an aromatic ring is 1. The van der Waals surface area contributed by atoms with Crippen molar-refractivity contribution < 1.29 is 22.7 Å². The lowest BCUT2D eigenvalue weighted by Gasteiger charge is -2.11. The van der Waals surface area contributed by atoms with Crippen molar-refractivity contribution in [3.05, 3.63) is 29.8 Å². The van der Waals surface area contributed by atoms with E-state index in [1.54, 1.807) is 13.0 Å². The number of aromatic nitrogens is 2. The van der Waals surface area contributed by atoms with Gasteiger partial charge in [-0.1, -0.05) is 6.07 Å². The Morgan fingerprint density at radius 1 is 1.12 bits per heavy atom. The van der Waals surface area contributed by atoms with Crippen molar-refractivity contribution in [2.45, 2.75) is 11.8 Å². The summed E-state index contributed by atoms with van der Waals surface area (Å²) >= 11 is 0. The molecular formula is C14H17N5O5S. The quantitative estimate of drug-likeness (QED) is 0.661. The van der Waals surface area contributed by atoms with Gasteiger partial charge in [0.25, 0.3) is 10.0 Å². The van der Waals surface area contributed by atoms with Gasteiger partial charge in [0, 0.05) is 5.69 Å². The van der Waals surface area contributed by atoms with Gasteiger partial charge in [-0.25, -0.2) is 17.9 Å². The maximum atomic E-state index is 12.3. The molecule has 0 atom stereocenters. The van der Waals surface area contributed by atoms with E-state index in [2.05, 4.69) is 15.3 Å². The number of anilines is 2. The molecule has 0 saturated heterocycles. The first-order valence-corrected chi connectivity index (χ1v) is 8.40. The predicted molar refractivity (Wildman–Crippen MR) is 90.1 cm³/mol. The minimum absolute atomic E-state index is 0.105. The van der Waals surface area contributed by atoms with Crippen LogP contribution < -0.4 is 25.2 Å². The van der Waals surface area contributed by atoms with Crippen LogP contribution in [0.4, 0.5) is 16.4 Å². The molecule has 11 heteroatoms. The monoisotopic (exact) mass is 367 g/mol. The van der Waals surface area contributed by atoms with E-state index in [9.17, 15) is 13.2 Å². The number of amides is 2. The fraction of sp³-hybridized carbons (Fsp3) is 0.214. The van der Waals surface area contributed by atoms with E-state index >= 15 is 0 Å². The summed E-state index contributed by atoms with van der Waals surface area (Å²) in [6.07, 6.45) is 0. The highest BCUT2D eigenvalue weighted by Gasteiger charge is 2.21. The van der Waals surface area contributed by atoms with Crippen molar-refractivity contribution in [2.75, 3.05) is 25.3 Å². The Morgan fingerprint density at radius 3 is 2.28 bits per heavy atom. The molecule has 2 aromatic rings. The van der Waals surface area contributed by atoms with Crippen LogP contribution in [-0.4, -0.2) is 38.6 Å². The first-order valence-electron chi connectivity index (χ1n) is 6.92. The Kier molecular flexibility index (Phi) is 5.27. The first kappa shape index (κ1) is 18.3. The molecule has 0 unspecified atom stereocenters. The number of sulfonamides is 1. The van der Waals surface area contributed by atoms with Gasteiger partial charge in [-0.3, -0.25) is 5.32 Å². The van der Waals surface area contributed by atoms with Gasteiger partial charge in [0.1, 0.15) is 0 Å². The average molecular weight is 367 g/mol. The molecule has 0 aliphatic heterocycles. The van der Waals surface area contributed by atoms with Gasteiger partial charge in [-0.2, -0.15) is 9.97 Å². The number of urea groups is 1. The lowest BCUT2D eigenvalue weighted by atomic mass is 10.2. The lowest BCUT2D eigenvalue weighted by molar-refractivity contribution is 0.256. The zero-order valence-electron chi connectivity index (χ0n) is 13.7. The first-order chi connectivity index (χ1) is 11.7. The Labute approximate surface area is 144 Å². The fourth-order valence-corrected chi connectivity index (χ4v) is 3.07. The number of nitrogens with one attached hydrogen (secondary N) is 2. The SMILES string of the molecule is COc1cc(OC)nc(NC(=O)NS(=O)(=O)c2cc(N)ccc2C)n1. The van der Waals surface area contributed by atoms with Gasteiger partial charge in [0.15, 0.2) is 0 Å². The van der Waals surface area contributed by atoms with E-state index in [4.69, 9.17) is 15.2 Å². The minimum atomic E-state index is -4.12. The summed E-state index contributed by atoms with van der Waals surface area (Å²) in [6.45, 7) is 1.59. The van der Waals surface area contributed by atoms with E-state index < -0.39 is 16.1 Å². The minimum Gasteiger partial charge on any atom is -0.481 e. The number of ether oxygens (including phenoxy) is 2. The molecule has 2 rings (SSSR count). The largest absolute Gasteiger partial charge is 0.481 e. The molecule has 0 bridgehead atoms. The highest BCUT2D eigenvalue weighted by molar-refractivity contribution is 7.90. The third kappa shape index (κ3) is 4.47. The van der Waals surface area contributed by atoms with E-state index in [0.717, 1.165) is 0 Å². The van der Waals surface area contributed by atoms with Crippen LogP contribution in [-0.2, 0) is 10.0 Å². The number of rotatable bonds is 5. The molecule has 0 spiro atoms. The van der Waals surface area contributed by atoms with Gasteiger partial charge >= 0.3 is 6.03 Å². The van der Waals surface area contributed by atoms with Gasteiger partial charge in [-0.15, -0.1) is 0 Å². The molecule has 2 amide bonds. The zero-order chi connectivity index (χ0) is 18.6. The molecule has 25 heavy (non-hydrogen) atoms. The second kappa shape index (κ2) is 7.21. The topological polar surface area (TPSA) is 146 Å². The van der Waals surface area contributed by atoms with Gasteiger partial charge in [0.2, 0.25) is 17.7 Å². The molecule has 4 N–H and O–H groups in total. The van der Waals surface area contributed by atoms with Crippen LogP contribution in [0.3, 0.4) is 0 Å². The maximum Gasteiger partial charge on any atom is 0.335 e. The number of aryl methyl sites for hydroxylation is 1. The maximum absolute atomic E-state index is 12.3. The second-order valence-electron chi connectivity index (χ2n) is 4.86. The Morgan fingerprint density at radius 2 is 1.72 bits per heavy atom. The van der Waals surface area contributed by atoms with Gasteiger partial charge in [-0.05, 0) is 24.6 Å². The molecule has 1 aromatic heterocycles. The third-order valence-electron chi connectivity index (χ3n) is 3.05. The highest BCUT2D eigenvalue weighted by atomic mass is 32.2. The molecular weight excluding hydrogens is 350 g/mol. The summed E-state index contributed by atoms with van der Waals surface area (Å²) in [5.74, 6) is 0.0848. The molecule has 1 heterocycles. The number of nitrogens with two attached hydrogens (primary N) is 1. The van der Waals surface area contributed by atoms with Crippen molar-refractivity contribution in [1.29, 1.82) is 0 Å². The molecule has 0 radical (unpaired) electrons. The summed E-state index contributed by atoms with van der Waals surface area (Å²) in [6, 6.07) is 4.71. The summed E-state index contributed by atoms with van der Waals surface area (Å²) in [5, 5.41) is 2.21. The fourth-order valence-electron chi connectivity index (χ4n) is 1.88. The van der Waals surface area contributed by atoms with E-state index in [1.165, 1.54) is 32.4 Å². The van der Waals surface area contributed by atoms with Crippen molar-refractivity contribution in [2.24, 2.45) is 0 Å². The molecule has 0 fully saturated rings. The summed E-state index contributed by atoms with van der Waals surface area (Å²) in [5.41, 5.74) is 6.30. The number of hydrogen-bond donors (Lipinski definition) is 3. The van der Waals surface area contributed by atoms with E-state index in [-0.39, 0.29) is 28.3 Å². The van der Waals surface area contributed by atoms with Crippen LogP contribution in [0.15, 0.2) is 29.2 Å². The van der Waals surface area contributed by atoms with Gasteiger partial charge in [0.05, 0.1) is 25.2 Å². The Hall–Kier alpha value is -3.08. The predicted octanol–water partition coefficient (Wildman–Crippen LogP) is 0.895. The van der Waals surface area contributed by atoms with Gasteiger partial charge < -0.3 is 15.2 Å². The number of carbonyl (C=O) groups excluding carboxylic acids is 1. The Balaban J connectivity index is 2.21. The molecule has 1 aromatic carbocycles. The van der Waals surface area contributed by atoms with Crippen LogP contribution in [0.5, 0.6) is 11.8 Å². The summed E-state index contributed by atoms with van der Waals surface area (Å²) in [4.78, 5) is 19.6. The van der Waals surface area contributed by atoms with Crippen molar-refractivity contribution in [3.63, 3.8) is 0 Å². The van der Waals surface area contributed by atoms with Crippen molar-refractivity contribution in [3.8, 4) is 11.8 Å². The molecule has 10 nitrogen and oxygen atoms in total. The zero-order valence-corrected chi connectivity index (χ0v) is 14.5. The molecule has 0 saturated carbocycles. The van der Waals surface area contributed by atoms with Crippen LogP contribution in [0.2, 0.25) is 0 Å². The lowest BCUT2D eigenvalue weighted by Crippen LogP contribution is -2.35. The molecule has 0 aliphatic carbocycles. The third-order valence-corrected chi connectivity index (χ3v) is 4.52. The van der Waals surface area contributed by atoms with Crippen LogP contribution in [0, 0.1) is 6.92 Å². The number of nitrogens with zero attached hydrogens (tertiary/aromatic N) is 2. The number of carbonyl (C=O) groups is 1. The number of benzene rings is 1. The summed E-state index contributed by atoms with van der Waals surface area (Å²) < 4.78 is 36.4. The molecule has 0 aliphatic rings. The average Bonchev–Trinajstić information content (AvgIpc) is 2.55. The van der Waals surface area contributed by atoms with Crippen molar-refractivity contribution >= 4 is 27.7 Å². The Bertz CT molecular complexity index is 878. The smallest absolute Gasteiger partial charge is 0.335 e. The normalized spacial score (nSPS) is 10.8.